The van der Waals surface area contributed by atoms with Crippen molar-refractivity contribution < 1.29 is 9.47 Å². The summed E-state index contributed by atoms with van der Waals surface area (Å²) in [5.74, 6) is 2.40. The van der Waals surface area contributed by atoms with E-state index in [0.717, 1.165) is 48.2 Å². The van der Waals surface area contributed by atoms with E-state index in [9.17, 15) is 0 Å². The van der Waals surface area contributed by atoms with E-state index < -0.39 is 0 Å². The highest BCUT2D eigenvalue weighted by atomic mass is 127. The number of aliphatic imine (C=N–C) groups is 1. The fourth-order valence-electron chi connectivity index (χ4n) is 3.04. The summed E-state index contributed by atoms with van der Waals surface area (Å²) in [5, 5.41) is 11.2. The fourth-order valence-corrected chi connectivity index (χ4v) is 3.04. The number of nitrogens with zero attached hydrogens (tertiary/aromatic N) is 3. The number of aryl methyl sites for hydroxylation is 2. The summed E-state index contributed by atoms with van der Waals surface area (Å²) >= 11 is 0. The molecule has 0 radical (unpaired) electrons. The van der Waals surface area contributed by atoms with Gasteiger partial charge in [-0.05, 0) is 50.5 Å². The average Bonchev–Trinajstić information content (AvgIpc) is 3.18. The second kappa shape index (κ2) is 9.82. The van der Waals surface area contributed by atoms with Gasteiger partial charge in [0.1, 0.15) is 0 Å². The van der Waals surface area contributed by atoms with Crippen molar-refractivity contribution in [3.8, 4) is 11.5 Å². The van der Waals surface area contributed by atoms with Crippen molar-refractivity contribution in [2.24, 2.45) is 12.0 Å². The van der Waals surface area contributed by atoms with Crippen molar-refractivity contribution in [1.82, 2.24) is 20.4 Å². The van der Waals surface area contributed by atoms with Gasteiger partial charge in [0.05, 0.1) is 12.2 Å². The Kier molecular flexibility index (Phi) is 7.76. The zero-order chi connectivity index (χ0) is 18.5. The molecule has 3 rings (SSSR count). The number of aromatic nitrogens is 2. The zero-order valence-corrected chi connectivity index (χ0v) is 18.7. The molecule has 0 bridgehead atoms. The highest BCUT2D eigenvalue weighted by Gasteiger charge is 2.13. The molecule has 2 aromatic rings. The van der Waals surface area contributed by atoms with Gasteiger partial charge in [0.25, 0.3) is 0 Å². The van der Waals surface area contributed by atoms with Crippen LogP contribution in [0.1, 0.15) is 29.4 Å². The molecule has 0 saturated carbocycles. The summed E-state index contributed by atoms with van der Waals surface area (Å²) in [7, 11) is 1.98. The number of fused-ring (bicyclic) bond motifs is 1. The van der Waals surface area contributed by atoms with E-state index in [-0.39, 0.29) is 24.0 Å². The number of guanidine groups is 1. The molecular formula is C19H28IN5O2. The summed E-state index contributed by atoms with van der Waals surface area (Å²) in [6, 6.07) is 5.93. The van der Waals surface area contributed by atoms with Crippen LogP contribution in [-0.2, 0) is 20.0 Å². The molecule has 1 aliphatic rings. The van der Waals surface area contributed by atoms with E-state index in [4.69, 9.17) is 9.47 Å². The molecule has 1 aromatic carbocycles. The molecule has 8 heteroatoms. The van der Waals surface area contributed by atoms with Crippen LogP contribution in [-0.4, -0.2) is 35.6 Å². The molecule has 0 atom stereocenters. The molecule has 2 heterocycles. The maximum atomic E-state index is 5.42. The van der Waals surface area contributed by atoms with Crippen molar-refractivity contribution in [2.45, 2.75) is 33.7 Å². The molecular weight excluding hydrogens is 457 g/mol. The van der Waals surface area contributed by atoms with Gasteiger partial charge in [0.2, 0.25) is 6.79 Å². The van der Waals surface area contributed by atoms with Crippen LogP contribution in [0.25, 0.3) is 0 Å². The number of rotatable bonds is 6. The highest BCUT2D eigenvalue weighted by Crippen LogP contribution is 2.32. The minimum atomic E-state index is 0. The van der Waals surface area contributed by atoms with Crippen LogP contribution in [0.4, 0.5) is 0 Å². The van der Waals surface area contributed by atoms with Gasteiger partial charge in [-0.15, -0.1) is 24.0 Å². The summed E-state index contributed by atoms with van der Waals surface area (Å²) in [4.78, 5) is 4.67. The van der Waals surface area contributed by atoms with E-state index in [0.29, 0.717) is 13.3 Å². The topological polar surface area (TPSA) is 72.7 Å². The number of nitrogens with one attached hydrogen (secondary N) is 2. The van der Waals surface area contributed by atoms with Gasteiger partial charge in [-0.2, -0.15) is 5.10 Å². The van der Waals surface area contributed by atoms with Crippen LogP contribution in [0, 0.1) is 13.8 Å². The second-order valence-corrected chi connectivity index (χ2v) is 6.33. The van der Waals surface area contributed by atoms with Crippen molar-refractivity contribution >= 4 is 29.9 Å². The van der Waals surface area contributed by atoms with Gasteiger partial charge in [0.15, 0.2) is 17.5 Å². The van der Waals surface area contributed by atoms with Crippen molar-refractivity contribution in [2.75, 3.05) is 19.9 Å². The van der Waals surface area contributed by atoms with Crippen LogP contribution in [0.15, 0.2) is 23.2 Å². The first kappa shape index (κ1) is 21.3. The van der Waals surface area contributed by atoms with Crippen LogP contribution in [0.2, 0.25) is 0 Å². The van der Waals surface area contributed by atoms with Crippen LogP contribution in [0.5, 0.6) is 11.5 Å². The Bertz CT molecular complexity index is 804. The molecule has 27 heavy (non-hydrogen) atoms. The van der Waals surface area contributed by atoms with E-state index in [2.05, 4.69) is 41.5 Å². The summed E-state index contributed by atoms with van der Waals surface area (Å²) in [5.41, 5.74) is 4.69. The SMILES string of the molecule is CCNC(=NCc1ccc2c(c1)OCO2)NCCc1c(C)nn(C)c1C.I. The number of hydrogen-bond donors (Lipinski definition) is 2. The van der Waals surface area contributed by atoms with Crippen LogP contribution < -0.4 is 20.1 Å². The summed E-state index contributed by atoms with van der Waals surface area (Å²) in [6.07, 6.45) is 0.917. The summed E-state index contributed by atoms with van der Waals surface area (Å²) in [6.45, 7) is 8.72. The van der Waals surface area contributed by atoms with Crippen LogP contribution in [0.3, 0.4) is 0 Å². The lowest BCUT2D eigenvalue weighted by molar-refractivity contribution is 0.174. The third kappa shape index (κ3) is 5.27. The largest absolute Gasteiger partial charge is 0.454 e. The van der Waals surface area contributed by atoms with E-state index in [1.165, 1.54) is 11.3 Å². The second-order valence-electron chi connectivity index (χ2n) is 6.33. The maximum absolute atomic E-state index is 5.42. The molecule has 2 N–H and O–H groups in total. The Morgan fingerprint density at radius 2 is 2.00 bits per heavy atom. The molecule has 0 fully saturated rings. The molecule has 148 valence electrons. The Morgan fingerprint density at radius 1 is 1.22 bits per heavy atom. The summed E-state index contributed by atoms with van der Waals surface area (Å²) < 4.78 is 12.7. The van der Waals surface area contributed by atoms with E-state index in [1.54, 1.807) is 0 Å². The van der Waals surface area contributed by atoms with Gasteiger partial charge < -0.3 is 20.1 Å². The predicted molar refractivity (Wildman–Crippen MR) is 117 cm³/mol. The number of halogens is 1. The number of ether oxygens (including phenoxy) is 2. The first-order valence-corrected chi connectivity index (χ1v) is 8.98. The van der Waals surface area contributed by atoms with Crippen molar-refractivity contribution in [3.63, 3.8) is 0 Å². The lowest BCUT2D eigenvalue weighted by atomic mass is 10.1. The van der Waals surface area contributed by atoms with E-state index >= 15 is 0 Å². The molecule has 0 amide bonds. The minimum Gasteiger partial charge on any atom is -0.454 e. The van der Waals surface area contributed by atoms with Gasteiger partial charge in [0, 0.05) is 25.8 Å². The lowest BCUT2D eigenvalue weighted by Gasteiger charge is -2.11. The molecule has 1 aromatic heterocycles. The average molecular weight is 485 g/mol. The molecule has 1 aliphatic heterocycles. The Morgan fingerprint density at radius 3 is 2.70 bits per heavy atom. The molecule has 0 spiro atoms. The minimum absolute atomic E-state index is 0. The third-order valence-corrected chi connectivity index (χ3v) is 4.53. The van der Waals surface area contributed by atoms with Gasteiger partial charge >= 0.3 is 0 Å². The van der Waals surface area contributed by atoms with Crippen LogP contribution >= 0.6 is 24.0 Å². The first-order valence-electron chi connectivity index (χ1n) is 8.98. The zero-order valence-electron chi connectivity index (χ0n) is 16.3. The third-order valence-electron chi connectivity index (χ3n) is 4.53. The molecule has 0 saturated heterocycles. The van der Waals surface area contributed by atoms with E-state index in [1.807, 2.05) is 29.9 Å². The first-order chi connectivity index (χ1) is 12.6. The maximum Gasteiger partial charge on any atom is 0.231 e. The Labute approximate surface area is 177 Å². The van der Waals surface area contributed by atoms with Gasteiger partial charge in [-0.1, -0.05) is 6.07 Å². The number of hydrogen-bond acceptors (Lipinski definition) is 4. The Balaban J connectivity index is 0.00000261. The quantitative estimate of drug-likeness (QED) is 0.374. The Hall–Kier alpha value is -1.97. The molecule has 7 nitrogen and oxygen atoms in total. The predicted octanol–water partition coefficient (Wildman–Crippen LogP) is 2.68. The normalized spacial score (nSPS) is 12.7. The lowest BCUT2D eigenvalue weighted by Crippen LogP contribution is -2.38. The number of benzene rings is 1. The van der Waals surface area contributed by atoms with Crippen molar-refractivity contribution in [3.05, 3.63) is 40.7 Å². The standard InChI is InChI=1S/C19H27N5O2.HI/c1-5-20-19(21-9-8-16-13(2)23-24(4)14(16)3)22-11-15-6-7-17-18(10-15)26-12-25-17;/h6-7,10H,5,8-9,11-12H2,1-4H3,(H2,20,21,22);1H. The van der Waals surface area contributed by atoms with Crippen molar-refractivity contribution in [1.29, 1.82) is 0 Å². The van der Waals surface area contributed by atoms with Gasteiger partial charge in [-0.3, -0.25) is 4.68 Å². The highest BCUT2D eigenvalue weighted by molar-refractivity contribution is 14.0. The fraction of sp³-hybridized carbons (Fsp3) is 0.474. The van der Waals surface area contributed by atoms with Gasteiger partial charge in [-0.25, -0.2) is 4.99 Å². The molecule has 0 aliphatic carbocycles. The smallest absolute Gasteiger partial charge is 0.231 e. The molecule has 0 unspecified atom stereocenters. The monoisotopic (exact) mass is 485 g/mol.